The maximum atomic E-state index is 5.53. The normalized spacial score (nSPS) is 20.2. The first-order valence-corrected chi connectivity index (χ1v) is 6.64. The zero-order valence-corrected chi connectivity index (χ0v) is 10.4. The second-order valence-corrected chi connectivity index (χ2v) is 4.92. The topological polar surface area (TPSA) is 21.3 Å². The third-order valence-corrected chi connectivity index (χ3v) is 3.09. The van der Waals surface area contributed by atoms with Gasteiger partial charge in [0.05, 0.1) is 12.7 Å². The summed E-state index contributed by atoms with van der Waals surface area (Å²) in [6.45, 7) is 6.06. The summed E-state index contributed by atoms with van der Waals surface area (Å²) >= 11 is 0. The summed E-state index contributed by atoms with van der Waals surface area (Å²) in [4.78, 5) is 0. The van der Waals surface area contributed by atoms with E-state index in [-0.39, 0.29) is 0 Å². The Balaban J connectivity index is 2.02. The van der Waals surface area contributed by atoms with Gasteiger partial charge in [-0.3, -0.25) is 0 Å². The Morgan fingerprint density at radius 2 is 1.67 bits per heavy atom. The van der Waals surface area contributed by atoms with Gasteiger partial charge in [0.2, 0.25) is 0 Å². The number of ether oxygens (including phenoxy) is 1. The van der Waals surface area contributed by atoms with Crippen LogP contribution in [0.2, 0.25) is 0 Å². The van der Waals surface area contributed by atoms with E-state index < -0.39 is 0 Å². The standard InChI is InChI=1S/C13H27NO/c1-12(2)15-11-10-14-13-8-6-4-3-5-7-9-13/h12-14H,3-11H2,1-2H3. The van der Waals surface area contributed by atoms with Gasteiger partial charge in [-0.25, -0.2) is 0 Å². The summed E-state index contributed by atoms with van der Waals surface area (Å²) < 4.78 is 5.53. The fourth-order valence-corrected chi connectivity index (χ4v) is 2.22. The second-order valence-electron chi connectivity index (χ2n) is 4.92. The first kappa shape index (κ1) is 13.0. The summed E-state index contributed by atoms with van der Waals surface area (Å²) in [6, 6.07) is 0.751. The van der Waals surface area contributed by atoms with Crippen LogP contribution in [0.5, 0.6) is 0 Å². The van der Waals surface area contributed by atoms with E-state index in [1.54, 1.807) is 0 Å². The number of hydrogen-bond donors (Lipinski definition) is 1. The van der Waals surface area contributed by atoms with Crippen molar-refractivity contribution in [3.8, 4) is 0 Å². The van der Waals surface area contributed by atoms with Gasteiger partial charge in [0.25, 0.3) is 0 Å². The zero-order valence-electron chi connectivity index (χ0n) is 10.4. The fraction of sp³-hybridized carbons (Fsp3) is 1.00. The van der Waals surface area contributed by atoms with E-state index in [0.29, 0.717) is 6.10 Å². The van der Waals surface area contributed by atoms with Crippen molar-refractivity contribution in [1.29, 1.82) is 0 Å². The van der Waals surface area contributed by atoms with E-state index in [4.69, 9.17) is 4.74 Å². The average Bonchev–Trinajstić information content (AvgIpc) is 2.14. The predicted molar refractivity (Wildman–Crippen MR) is 65.2 cm³/mol. The molecule has 1 N–H and O–H groups in total. The van der Waals surface area contributed by atoms with Gasteiger partial charge in [-0.1, -0.05) is 32.1 Å². The summed E-state index contributed by atoms with van der Waals surface area (Å²) in [5.74, 6) is 0. The van der Waals surface area contributed by atoms with Gasteiger partial charge in [0.1, 0.15) is 0 Å². The Kier molecular flexibility index (Phi) is 7.03. The van der Waals surface area contributed by atoms with Crippen LogP contribution in [0.1, 0.15) is 58.8 Å². The maximum absolute atomic E-state index is 5.53. The van der Waals surface area contributed by atoms with Crippen molar-refractivity contribution in [2.45, 2.75) is 70.9 Å². The molecule has 0 saturated heterocycles. The molecule has 0 bridgehead atoms. The molecule has 0 atom stereocenters. The van der Waals surface area contributed by atoms with E-state index in [1.165, 1.54) is 44.9 Å². The van der Waals surface area contributed by atoms with Crippen LogP contribution in [0.3, 0.4) is 0 Å². The van der Waals surface area contributed by atoms with Crippen molar-refractivity contribution in [3.63, 3.8) is 0 Å². The van der Waals surface area contributed by atoms with Crippen molar-refractivity contribution >= 4 is 0 Å². The Hall–Kier alpha value is -0.0800. The summed E-state index contributed by atoms with van der Waals surface area (Å²) in [5.41, 5.74) is 0. The Bertz CT molecular complexity index is 139. The lowest BCUT2D eigenvalue weighted by molar-refractivity contribution is 0.0787. The van der Waals surface area contributed by atoms with E-state index in [0.717, 1.165) is 19.2 Å². The van der Waals surface area contributed by atoms with Crippen LogP contribution in [0, 0.1) is 0 Å². The van der Waals surface area contributed by atoms with Gasteiger partial charge in [0, 0.05) is 12.6 Å². The molecule has 0 aliphatic heterocycles. The smallest absolute Gasteiger partial charge is 0.0594 e. The van der Waals surface area contributed by atoms with Gasteiger partial charge in [-0.2, -0.15) is 0 Å². The monoisotopic (exact) mass is 213 g/mol. The predicted octanol–water partition coefficient (Wildman–Crippen LogP) is 3.11. The zero-order chi connectivity index (χ0) is 10.9. The molecule has 0 heterocycles. The minimum absolute atomic E-state index is 0.365. The maximum Gasteiger partial charge on any atom is 0.0594 e. The van der Waals surface area contributed by atoms with Crippen LogP contribution in [-0.2, 0) is 4.74 Å². The summed E-state index contributed by atoms with van der Waals surface area (Å²) in [6.07, 6.45) is 10.2. The largest absolute Gasteiger partial charge is 0.377 e. The van der Waals surface area contributed by atoms with Crippen LogP contribution >= 0.6 is 0 Å². The van der Waals surface area contributed by atoms with Gasteiger partial charge >= 0.3 is 0 Å². The molecule has 0 aromatic heterocycles. The fourth-order valence-electron chi connectivity index (χ4n) is 2.22. The quantitative estimate of drug-likeness (QED) is 0.709. The van der Waals surface area contributed by atoms with E-state index in [9.17, 15) is 0 Å². The van der Waals surface area contributed by atoms with E-state index in [1.807, 2.05) is 0 Å². The molecule has 0 aromatic carbocycles. The lowest BCUT2D eigenvalue weighted by atomic mass is 9.97. The second kappa shape index (κ2) is 8.12. The van der Waals surface area contributed by atoms with Crippen LogP contribution in [0.15, 0.2) is 0 Å². The van der Waals surface area contributed by atoms with Crippen molar-refractivity contribution in [2.24, 2.45) is 0 Å². The molecule has 2 nitrogen and oxygen atoms in total. The number of nitrogens with one attached hydrogen (secondary N) is 1. The molecular weight excluding hydrogens is 186 g/mol. The van der Waals surface area contributed by atoms with Gasteiger partial charge in [-0.05, 0) is 26.7 Å². The van der Waals surface area contributed by atoms with Crippen molar-refractivity contribution in [1.82, 2.24) is 5.32 Å². The highest BCUT2D eigenvalue weighted by Gasteiger charge is 2.09. The molecule has 1 saturated carbocycles. The highest BCUT2D eigenvalue weighted by Crippen LogP contribution is 2.16. The molecule has 0 spiro atoms. The van der Waals surface area contributed by atoms with Crippen LogP contribution in [-0.4, -0.2) is 25.3 Å². The first-order chi connectivity index (χ1) is 7.29. The molecule has 1 aliphatic rings. The molecule has 2 heteroatoms. The molecule has 0 aromatic rings. The first-order valence-electron chi connectivity index (χ1n) is 6.64. The van der Waals surface area contributed by atoms with Gasteiger partial charge < -0.3 is 10.1 Å². The molecule has 0 amide bonds. The van der Waals surface area contributed by atoms with Gasteiger partial charge in [0.15, 0.2) is 0 Å². The highest BCUT2D eigenvalue weighted by molar-refractivity contribution is 4.69. The highest BCUT2D eigenvalue weighted by atomic mass is 16.5. The summed E-state index contributed by atoms with van der Waals surface area (Å²) in [5, 5.41) is 3.62. The van der Waals surface area contributed by atoms with Crippen LogP contribution in [0.4, 0.5) is 0 Å². The summed E-state index contributed by atoms with van der Waals surface area (Å²) in [7, 11) is 0. The minimum Gasteiger partial charge on any atom is -0.377 e. The van der Waals surface area contributed by atoms with E-state index >= 15 is 0 Å². The molecule has 0 unspecified atom stereocenters. The SMILES string of the molecule is CC(C)OCCNC1CCCCCCC1. The van der Waals surface area contributed by atoms with Crippen molar-refractivity contribution in [2.75, 3.05) is 13.2 Å². The Labute approximate surface area is 94.8 Å². The van der Waals surface area contributed by atoms with Crippen molar-refractivity contribution in [3.05, 3.63) is 0 Å². The van der Waals surface area contributed by atoms with Crippen LogP contribution < -0.4 is 5.32 Å². The minimum atomic E-state index is 0.365. The average molecular weight is 213 g/mol. The van der Waals surface area contributed by atoms with Crippen LogP contribution in [0.25, 0.3) is 0 Å². The Morgan fingerprint density at radius 3 is 2.27 bits per heavy atom. The van der Waals surface area contributed by atoms with Crippen molar-refractivity contribution < 1.29 is 4.74 Å². The lowest BCUT2D eigenvalue weighted by Crippen LogP contribution is -2.33. The molecule has 1 rings (SSSR count). The molecule has 0 radical (unpaired) electrons. The molecule has 90 valence electrons. The third-order valence-electron chi connectivity index (χ3n) is 3.09. The number of rotatable bonds is 5. The molecule has 15 heavy (non-hydrogen) atoms. The molecule has 1 fully saturated rings. The van der Waals surface area contributed by atoms with Gasteiger partial charge in [-0.15, -0.1) is 0 Å². The lowest BCUT2D eigenvalue weighted by Gasteiger charge is -2.21. The molecular formula is C13H27NO. The number of hydrogen-bond acceptors (Lipinski definition) is 2. The Morgan fingerprint density at radius 1 is 1.07 bits per heavy atom. The third kappa shape index (κ3) is 6.91. The van der Waals surface area contributed by atoms with E-state index in [2.05, 4.69) is 19.2 Å². The molecule has 1 aliphatic carbocycles.